The number of allylic oxidation sites excluding steroid dienone is 4. The molecule has 188 valence electrons. The summed E-state index contributed by atoms with van der Waals surface area (Å²) in [7, 11) is 0. The van der Waals surface area contributed by atoms with Crippen molar-refractivity contribution >= 4 is 52.4 Å². The average Bonchev–Trinajstić information content (AvgIpc) is 3.73. The van der Waals surface area contributed by atoms with Crippen LogP contribution in [0.25, 0.3) is 0 Å². The van der Waals surface area contributed by atoms with E-state index >= 15 is 0 Å². The predicted octanol–water partition coefficient (Wildman–Crippen LogP) is 7.83. The fraction of sp³-hybridized carbons (Fsp3) is 0.207. The lowest BCUT2D eigenvalue weighted by Crippen LogP contribution is -2.26. The molecule has 0 unspecified atom stereocenters. The molecule has 5 nitrogen and oxygen atoms in total. The zero-order chi connectivity index (χ0) is 25.9. The molecule has 1 heterocycles. The molecular weight excluding hydrogens is 527 g/mol. The number of benzene rings is 2. The number of pyridine rings is 1. The standard InChI is InChI=1S/C29H24Cl2N2O3S/c30-20-8-10-21(11-9-20)33(17-18-5-6-18)22-12-13-25(32-16-22)28(34)19-7-14-26(23(15-19)29(35)36)37-27-4-2-1-3-24(27)31/h1-4,7-8,10,12-16,18H,5-6,9,11,17H2,(H,35,36). The van der Waals surface area contributed by atoms with E-state index in [0.717, 1.165) is 35.0 Å². The van der Waals surface area contributed by atoms with Gasteiger partial charge in [-0.1, -0.05) is 47.1 Å². The minimum atomic E-state index is -1.11. The summed E-state index contributed by atoms with van der Waals surface area (Å²) in [6, 6.07) is 15.5. The summed E-state index contributed by atoms with van der Waals surface area (Å²) in [4.78, 5) is 33.2. The Labute approximate surface area is 229 Å². The molecule has 5 rings (SSSR count). The van der Waals surface area contributed by atoms with Crippen molar-refractivity contribution in [1.82, 2.24) is 4.98 Å². The van der Waals surface area contributed by atoms with Gasteiger partial charge in [0.15, 0.2) is 0 Å². The van der Waals surface area contributed by atoms with Gasteiger partial charge in [-0.25, -0.2) is 4.79 Å². The molecular formula is C29H24Cl2N2O3S. The normalized spacial score (nSPS) is 15.1. The number of aromatic carboxylic acids is 1. The lowest BCUT2D eigenvalue weighted by molar-refractivity contribution is 0.0693. The van der Waals surface area contributed by atoms with E-state index in [-0.39, 0.29) is 22.6 Å². The smallest absolute Gasteiger partial charge is 0.336 e. The van der Waals surface area contributed by atoms with Gasteiger partial charge >= 0.3 is 5.97 Å². The molecule has 1 fully saturated rings. The van der Waals surface area contributed by atoms with E-state index in [1.54, 1.807) is 30.5 Å². The highest BCUT2D eigenvalue weighted by Gasteiger charge is 2.27. The number of rotatable bonds is 9. The number of halogens is 2. The predicted molar refractivity (Wildman–Crippen MR) is 148 cm³/mol. The maximum Gasteiger partial charge on any atom is 0.336 e. The van der Waals surface area contributed by atoms with Crippen LogP contribution in [-0.4, -0.2) is 28.4 Å². The molecule has 8 heteroatoms. The van der Waals surface area contributed by atoms with E-state index in [2.05, 4.69) is 16.0 Å². The topological polar surface area (TPSA) is 70.5 Å². The molecule has 2 aromatic carbocycles. The first-order valence-corrected chi connectivity index (χ1v) is 13.6. The number of carboxylic acid groups (broad SMARTS) is 1. The summed E-state index contributed by atoms with van der Waals surface area (Å²) < 4.78 is 0. The van der Waals surface area contributed by atoms with Gasteiger partial charge in [-0.3, -0.25) is 9.78 Å². The molecule has 1 N–H and O–H groups in total. The molecule has 0 saturated heterocycles. The number of anilines is 1. The van der Waals surface area contributed by atoms with Crippen LogP contribution in [0.1, 0.15) is 52.1 Å². The van der Waals surface area contributed by atoms with Gasteiger partial charge in [-0.05, 0) is 86.2 Å². The van der Waals surface area contributed by atoms with Gasteiger partial charge in [0, 0.05) is 32.6 Å². The molecule has 1 aromatic heterocycles. The summed E-state index contributed by atoms with van der Waals surface area (Å²) in [5.41, 5.74) is 2.69. The number of nitrogens with zero attached hydrogens (tertiary/aromatic N) is 2. The van der Waals surface area contributed by atoms with Gasteiger partial charge in [-0.2, -0.15) is 0 Å². The Morgan fingerprint density at radius 2 is 1.81 bits per heavy atom. The van der Waals surface area contributed by atoms with Crippen LogP contribution in [0.4, 0.5) is 5.69 Å². The number of hydrogen-bond acceptors (Lipinski definition) is 5. The second-order valence-electron chi connectivity index (χ2n) is 9.10. The van der Waals surface area contributed by atoms with Gasteiger partial charge in [-0.15, -0.1) is 0 Å². The molecule has 0 spiro atoms. The van der Waals surface area contributed by atoms with Crippen LogP contribution in [-0.2, 0) is 0 Å². The van der Waals surface area contributed by atoms with E-state index < -0.39 is 5.97 Å². The Bertz CT molecular complexity index is 1410. The van der Waals surface area contributed by atoms with Gasteiger partial charge in [0.2, 0.25) is 5.78 Å². The highest BCUT2D eigenvalue weighted by molar-refractivity contribution is 7.99. The lowest BCUT2D eigenvalue weighted by atomic mass is 10.0. The maximum absolute atomic E-state index is 13.2. The Morgan fingerprint density at radius 3 is 2.46 bits per heavy atom. The second-order valence-corrected chi connectivity index (χ2v) is 11.1. The molecule has 0 radical (unpaired) electrons. The monoisotopic (exact) mass is 550 g/mol. The summed E-state index contributed by atoms with van der Waals surface area (Å²) in [6.07, 6.45) is 9.84. The van der Waals surface area contributed by atoms with Crippen LogP contribution in [0.5, 0.6) is 0 Å². The van der Waals surface area contributed by atoms with Crippen LogP contribution in [0.15, 0.2) is 93.5 Å². The summed E-state index contributed by atoms with van der Waals surface area (Å²) in [5.74, 6) is -0.776. The SMILES string of the molecule is O=C(c1ccc(Sc2ccccc2Cl)c(C(=O)O)c1)c1ccc(N(CC2CC2)C2=CC=C(Cl)CC2)cn1. The van der Waals surface area contributed by atoms with Gasteiger partial charge in [0.1, 0.15) is 5.69 Å². The van der Waals surface area contributed by atoms with Gasteiger partial charge in [0.05, 0.1) is 22.5 Å². The Hall–Kier alpha value is -3.06. The number of carbonyl (C=O) groups excluding carboxylic acids is 1. The molecule has 0 bridgehead atoms. The minimum Gasteiger partial charge on any atom is -0.478 e. The van der Waals surface area contributed by atoms with Crippen LogP contribution >= 0.6 is 35.0 Å². The highest BCUT2D eigenvalue weighted by Crippen LogP contribution is 2.37. The first kappa shape index (κ1) is 25.6. The first-order chi connectivity index (χ1) is 17.9. The molecule has 2 aliphatic carbocycles. The van der Waals surface area contributed by atoms with Gasteiger partial charge < -0.3 is 10.0 Å². The van der Waals surface area contributed by atoms with E-state index in [1.165, 1.54) is 36.4 Å². The van der Waals surface area contributed by atoms with Crippen molar-refractivity contribution < 1.29 is 14.7 Å². The second kappa shape index (κ2) is 11.1. The number of carboxylic acids is 1. The van der Waals surface area contributed by atoms with Crippen LogP contribution < -0.4 is 4.90 Å². The third-order valence-corrected chi connectivity index (χ3v) is 8.29. The Morgan fingerprint density at radius 1 is 1.00 bits per heavy atom. The first-order valence-electron chi connectivity index (χ1n) is 12.0. The molecule has 0 aliphatic heterocycles. The van der Waals surface area contributed by atoms with E-state index in [4.69, 9.17) is 23.2 Å². The van der Waals surface area contributed by atoms with Crippen LogP contribution in [0.3, 0.4) is 0 Å². The summed E-state index contributed by atoms with van der Waals surface area (Å²) in [6.45, 7) is 0.915. The van der Waals surface area contributed by atoms with Crippen molar-refractivity contribution in [2.45, 2.75) is 35.5 Å². The fourth-order valence-electron chi connectivity index (χ4n) is 4.17. The highest BCUT2D eigenvalue weighted by atomic mass is 35.5. The van der Waals surface area contributed by atoms with E-state index in [9.17, 15) is 14.7 Å². The van der Waals surface area contributed by atoms with E-state index in [1.807, 2.05) is 30.3 Å². The minimum absolute atomic E-state index is 0.0407. The molecule has 0 atom stereocenters. The third-order valence-electron chi connectivity index (χ3n) is 6.38. The largest absolute Gasteiger partial charge is 0.478 e. The molecule has 2 aliphatic rings. The van der Waals surface area contributed by atoms with Crippen molar-refractivity contribution in [3.63, 3.8) is 0 Å². The average molecular weight is 551 g/mol. The van der Waals surface area contributed by atoms with Crippen molar-refractivity contribution in [2.75, 3.05) is 11.4 Å². The van der Waals surface area contributed by atoms with Crippen molar-refractivity contribution in [1.29, 1.82) is 0 Å². The van der Waals surface area contributed by atoms with Crippen molar-refractivity contribution in [2.24, 2.45) is 5.92 Å². The molecule has 0 amide bonds. The maximum atomic E-state index is 13.2. The summed E-state index contributed by atoms with van der Waals surface area (Å²) in [5, 5.41) is 11.2. The third kappa shape index (κ3) is 6.09. The quantitative estimate of drug-likeness (QED) is 0.273. The van der Waals surface area contributed by atoms with Crippen LogP contribution in [0.2, 0.25) is 5.02 Å². The number of hydrogen-bond donors (Lipinski definition) is 1. The van der Waals surface area contributed by atoms with Crippen molar-refractivity contribution in [3.05, 3.63) is 106 Å². The fourth-order valence-corrected chi connectivity index (χ4v) is 5.52. The summed E-state index contributed by atoms with van der Waals surface area (Å²) >= 11 is 13.7. The molecule has 1 saturated carbocycles. The number of carbonyl (C=O) groups is 2. The zero-order valence-corrected chi connectivity index (χ0v) is 22.2. The van der Waals surface area contributed by atoms with Crippen molar-refractivity contribution in [3.8, 4) is 0 Å². The number of aromatic nitrogens is 1. The van der Waals surface area contributed by atoms with E-state index in [0.29, 0.717) is 15.8 Å². The molecule has 3 aromatic rings. The molecule has 37 heavy (non-hydrogen) atoms. The number of ketones is 1. The van der Waals surface area contributed by atoms with Gasteiger partial charge in [0.25, 0.3) is 0 Å². The Balaban J connectivity index is 1.38. The van der Waals surface area contributed by atoms with Crippen LogP contribution in [0, 0.1) is 5.92 Å². The Kier molecular flexibility index (Phi) is 7.70. The zero-order valence-electron chi connectivity index (χ0n) is 19.9. The lowest BCUT2D eigenvalue weighted by Gasteiger charge is -2.29.